The summed E-state index contributed by atoms with van der Waals surface area (Å²) in [6.07, 6.45) is -0.456. The number of nitrogens with one attached hydrogen (secondary N) is 1. The van der Waals surface area contributed by atoms with E-state index in [1.54, 1.807) is 6.07 Å². The number of nitrogens with zero attached hydrogens (tertiary/aromatic N) is 1. The molecule has 1 aliphatic carbocycles. The van der Waals surface area contributed by atoms with Crippen LogP contribution in [0.25, 0.3) is 0 Å². The molecule has 1 N–H and O–H groups in total. The van der Waals surface area contributed by atoms with Crippen LogP contribution in [0.4, 0.5) is 24.5 Å². The molecule has 3 atom stereocenters. The first-order valence-corrected chi connectivity index (χ1v) is 9.81. The lowest BCUT2D eigenvalue weighted by Gasteiger charge is -2.22. The number of carbonyl (C=O) groups excluding carboxylic acids is 3. The number of para-hydroxylation sites is 2. The highest BCUT2D eigenvalue weighted by atomic mass is 19.4. The van der Waals surface area contributed by atoms with Gasteiger partial charge in [0.25, 0.3) is 5.91 Å². The number of amides is 3. The van der Waals surface area contributed by atoms with Gasteiger partial charge in [-0.2, -0.15) is 13.2 Å². The Kier molecular flexibility index (Phi) is 5.16. The fourth-order valence-electron chi connectivity index (χ4n) is 4.27. The average molecular weight is 428 g/mol. The van der Waals surface area contributed by atoms with Crippen molar-refractivity contribution in [2.24, 2.45) is 17.8 Å². The first-order chi connectivity index (χ1) is 14.7. The smallest absolute Gasteiger partial charge is 0.321 e. The average Bonchev–Trinajstić information content (AvgIpc) is 2.99. The van der Waals surface area contributed by atoms with Gasteiger partial charge in [0, 0.05) is 0 Å². The van der Waals surface area contributed by atoms with Crippen LogP contribution in [0.5, 0.6) is 0 Å². The van der Waals surface area contributed by atoms with E-state index >= 15 is 0 Å². The second kappa shape index (κ2) is 7.68. The number of hydrogen-bond donors (Lipinski definition) is 1. The molecule has 160 valence electrons. The van der Waals surface area contributed by atoms with E-state index in [0.717, 1.165) is 17.0 Å². The maximum absolute atomic E-state index is 13.3. The van der Waals surface area contributed by atoms with Crippen molar-refractivity contribution >= 4 is 29.1 Å². The monoisotopic (exact) mass is 428 g/mol. The Morgan fingerprint density at radius 3 is 2.42 bits per heavy atom. The first-order valence-electron chi connectivity index (χ1n) is 9.81. The van der Waals surface area contributed by atoms with Gasteiger partial charge in [0.15, 0.2) is 0 Å². The molecular weight excluding hydrogens is 409 g/mol. The number of halogens is 3. The van der Waals surface area contributed by atoms with E-state index in [9.17, 15) is 27.6 Å². The molecule has 4 rings (SSSR count). The molecule has 0 saturated carbocycles. The molecule has 0 aromatic heterocycles. The van der Waals surface area contributed by atoms with Crippen LogP contribution in [0.2, 0.25) is 0 Å². The van der Waals surface area contributed by atoms with Crippen molar-refractivity contribution in [3.8, 4) is 0 Å². The lowest BCUT2D eigenvalue weighted by Crippen LogP contribution is -2.33. The number of allylic oxidation sites excluding steroid dienone is 2. The summed E-state index contributed by atoms with van der Waals surface area (Å²) in [5.41, 5.74) is -1.37. The van der Waals surface area contributed by atoms with Crippen molar-refractivity contribution in [2.75, 3.05) is 10.2 Å². The minimum Gasteiger partial charge on any atom is -0.321 e. The number of carbonyl (C=O) groups is 3. The van der Waals surface area contributed by atoms with Gasteiger partial charge in [0.2, 0.25) is 11.8 Å². The van der Waals surface area contributed by atoms with E-state index in [4.69, 9.17) is 0 Å². The van der Waals surface area contributed by atoms with Gasteiger partial charge >= 0.3 is 6.18 Å². The van der Waals surface area contributed by atoms with Gasteiger partial charge in [0.05, 0.1) is 34.3 Å². The number of imide groups is 1. The summed E-state index contributed by atoms with van der Waals surface area (Å²) in [6.45, 7) is 1.86. The zero-order valence-electron chi connectivity index (χ0n) is 16.5. The van der Waals surface area contributed by atoms with E-state index in [0.29, 0.717) is 6.42 Å². The van der Waals surface area contributed by atoms with Crippen molar-refractivity contribution in [3.05, 3.63) is 71.8 Å². The van der Waals surface area contributed by atoms with E-state index in [1.165, 1.54) is 30.3 Å². The molecule has 0 radical (unpaired) electrons. The van der Waals surface area contributed by atoms with Crippen molar-refractivity contribution in [1.82, 2.24) is 0 Å². The van der Waals surface area contributed by atoms with Gasteiger partial charge in [-0.05, 0) is 36.6 Å². The number of benzene rings is 2. The number of fused-ring (bicyclic) bond motifs is 1. The quantitative estimate of drug-likeness (QED) is 0.571. The lowest BCUT2D eigenvalue weighted by molar-refractivity contribution is -0.137. The summed E-state index contributed by atoms with van der Waals surface area (Å²) in [5, 5.41) is 2.28. The highest BCUT2D eigenvalue weighted by Gasteiger charge is 2.51. The van der Waals surface area contributed by atoms with E-state index < -0.39 is 47.0 Å². The van der Waals surface area contributed by atoms with E-state index in [2.05, 4.69) is 5.32 Å². The predicted molar refractivity (Wildman–Crippen MR) is 108 cm³/mol. The Morgan fingerprint density at radius 2 is 1.71 bits per heavy atom. The normalized spacial score (nSPS) is 23.1. The molecule has 1 heterocycles. The Hall–Kier alpha value is -3.42. The zero-order chi connectivity index (χ0) is 22.3. The molecule has 3 amide bonds. The zero-order valence-corrected chi connectivity index (χ0v) is 16.5. The second-order valence-electron chi connectivity index (χ2n) is 7.68. The van der Waals surface area contributed by atoms with Gasteiger partial charge in [-0.3, -0.25) is 14.4 Å². The number of rotatable bonds is 3. The SMILES string of the molecule is C[C@@H]1C=CC[C@H]2C(=O)N(c3ccccc3C(=O)Nc3ccccc3C(F)(F)F)C(=O)[C@H]12. The summed E-state index contributed by atoms with van der Waals surface area (Å²) in [6, 6.07) is 10.6. The summed E-state index contributed by atoms with van der Waals surface area (Å²) >= 11 is 0. The highest BCUT2D eigenvalue weighted by molar-refractivity contribution is 6.25. The fraction of sp³-hybridized carbons (Fsp3) is 0.261. The minimum absolute atomic E-state index is 0.0552. The van der Waals surface area contributed by atoms with Gasteiger partial charge in [-0.25, -0.2) is 4.90 Å². The standard InChI is InChI=1S/C23H19F3N2O3/c1-13-7-6-9-15-19(13)22(31)28(21(15)30)18-12-5-2-8-14(18)20(29)27-17-11-4-3-10-16(17)23(24,25)26/h2-8,10-13,15,19H,9H2,1H3,(H,27,29)/t13-,15-,19-/m1/s1. The summed E-state index contributed by atoms with van der Waals surface area (Å²) in [7, 11) is 0. The van der Waals surface area contributed by atoms with Gasteiger partial charge in [-0.1, -0.05) is 43.3 Å². The van der Waals surface area contributed by atoms with Crippen molar-refractivity contribution < 1.29 is 27.6 Å². The van der Waals surface area contributed by atoms with E-state index in [1.807, 2.05) is 19.1 Å². The van der Waals surface area contributed by atoms with Crippen molar-refractivity contribution in [2.45, 2.75) is 19.5 Å². The molecule has 0 spiro atoms. The second-order valence-corrected chi connectivity index (χ2v) is 7.68. The van der Waals surface area contributed by atoms with Gasteiger partial charge in [-0.15, -0.1) is 0 Å². The van der Waals surface area contributed by atoms with Gasteiger partial charge < -0.3 is 5.32 Å². The van der Waals surface area contributed by atoms with Crippen molar-refractivity contribution in [1.29, 1.82) is 0 Å². The number of alkyl halides is 3. The molecule has 2 aliphatic rings. The molecule has 1 aliphatic heterocycles. The van der Waals surface area contributed by atoms with Crippen LogP contribution in [-0.2, 0) is 15.8 Å². The third kappa shape index (κ3) is 3.62. The summed E-state index contributed by atoms with van der Waals surface area (Å²) in [5.74, 6) is -2.78. The van der Waals surface area contributed by atoms with Crippen LogP contribution in [0.15, 0.2) is 60.7 Å². The molecule has 1 saturated heterocycles. The Balaban J connectivity index is 1.69. The maximum atomic E-state index is 13.3. The molecule has 0 unspecified atom stereocenters. The Morgan fingerprint density at radius 1 is 1.03 bits per heavy atom. The Bertz CT molecular complexity index is 1090. The van der Waals surface area contributed by atoms with Gasteiger partial charge in [0.1, 0.15) is 0 Å². The van der Waals surface area contributed by atoms with Crippen LogP contribution in [0.3, 0.4) is 0 Å². The number of anilines is 2. The Labute approximate surface area is 176 Å². The molecular formula is C23H19F3N2O3. The molecule has 8 heteroatoms. The highest BCUT2D eigenvalue weighted by Crippen LogP contribution is 2.41. The topological polar surface area (TPSA) is 66.5 Å². The largest absolute Gasteiger partial charge is 0.418 e. The molecule has 0 bridgehead atoms. The molecule has 5 nitrogen and oxygen atoms in total. The lowest BCUT2D eigenvalue weighted by atomic mass is 9.78. The van der Waals surface area contributed by atoms with E-state index in [-0.39, 0.29) is 17.2 Å². The van der Waals surface area contributed by atoms with Crippen LogP contribution in [-0.4, -0.2) is 17.7 Å². The molecule has 1 fully saturated rings. The van der Waals surface area contributed by atoms with Crippen LogP contribution < -0.4 is 10.2 Å². The van der Waals surface area contributed by atoms with Crippen LogP contribution >= 0.6 is 0 Å². The number of hydrogen-bond acceptors (Lipinski definition) is 3. The maximum Gasteiger partial charge on any atom is 0.418 e. The third-order valence-electron chi connectivity index (χ3n) is 5.74. The minimum atomic E-state index is -4.65. The summed E-state index contributed by atoms with van der Waals surface area (Å²) < 4.78 is 39.8. The molecule has 2 aromatic carbocycles. The van der Waals surface area contributed by atoms with Crippen LogP contribution in [0.1, 0.15) is 29.3 Å². The fourth-order valence-corrected chi connectivity index (χ4v) is 4.27. The summed E-state index contributed by atoms with van der Waals surface area (Å²) in [4.78, 5) is 40.0. The van der Waals surface area contributed by atoms with Crippen molar-refractivity contribution in [3.63, 3.8) is 0 Å². The third-order valence-corrected chi connectivity index (χ3v) is 5.74. The molecule has 2 aromatic rings. The van der Waals surface area contributed by atoms with Crippen LogP contribution in [0, 0.1) is 17.8 Å². The first kappa shape index (κ1) is 20.8. The molecule has 31 heavy (non-hydrogen) atoms. The predicted octanol–water partition coefficient (Wildman–Crippen LogP) is 4.66.